The molecule has 5 rings (SSSR count). The van der Waals surface area contributed by atoms with E-state index in [-0.39, 0.29) is 24.3 Å². The van der Waals surface area contributed by atoms with Crippen LogP contribution in [0.1, 0.15) is 38.2 Å². The van der Waals surface area contributed by atoms with E-state index in [0.717, 1.165) is 23.3 Å². The number of guanidine groups is 1. The molecular formula is C26H27BrF6N4. The number of hydrogen-bond acceptors (Lipinski definition) is 4. The van der Waals surface area contributed by atoms with Crippen molar-refractivity contribution in [2.24, 2.45) is 10.9 Å². The normalized spacial score (nSPS) is 21.6. The van der Waals surface area contributed by atoms with Crippen LogP contribution < -0.4 is 9.80 Å². The van der Waals surface area contributed by atoms with Gasteiger partial charge in [0.15, 0.2) is 6.04 Å². The molecule has 2 heterocycles. The summed E-state index contributed by atoms with van der Waals surface area (Å²) in [5.41, 5.74) is 2.80. The van der Waals surface area contributed by atoms with Crippen LogP contribution >= 0.6 is 15.9 Å². The first-order valence-electron chi connectivity index (χ1n) is 12.2. The van der Waals surface area contributed by atoms with Crippen molar-refractivity contribution in [3.63, 3.8) is 0 Å². The molecule has 2 unspecified atom stereocenters. The van der Waals surface area contributed by atoms with E-state index in [2.05, 4.69) is 20.9 Å². The number of rotatable bonds is 7. The molecule has 0 aromatic heterocycles. The van der Waals surface area contributed by atoms with Crippen molar-refractivity contribution in [3.05, 3.63) is 52.5 Å². The van der Waals surface area contributed by atoms with Crippen LogP contribution in [0.4, 0.5) is 43.4 Å². The van der Waals surface area contributed by atoms with Gasteiger partial charge in [0.2, 0.25) is 5.96 Å². The molecule has 2 aromatic rings. The highest BCUT2D eigenvalue weighted by Crippen LogP contribution is 2.49. The van der Waals surface area contributed by atoms with Gasteiger partial charge < -0.3 is 4.90 Å². The zero-order valence-corrected chi connectivity index (χ0v) is 21.9. The van der Waals surface area contributed by atoms with Crippen LogP contribution in [0, 0.1) is 5.92 Å². The van der Waals surface area contributed by atoms with Gasteiger partial charge in [0.25, 0.3) is 0 Å². The molecule has 1 aliphatic carbocycles. The molecule has 2 aliphatic heterocycles. The standard InChI is InChI=1S/C26H27BrF6N4/c1-15(2)17-9-10-19(18(27)11-17)36-20-5-3-4-6-21(20)37-22(23(26(31,32)33)34-24(36)37)13-35(12-16-7-8-16)14-25(28,29)30/h3-6,9-11,15-16,22-23H,7-8,12-14H2,1-2H3. The van der Waals surface area contributed by atoms with Crippen LogP contribution in [0.25, 0.3) is 0 Å². The molecular weight excluding hydrogens is 562 g/mol. The number of para-hydroxylation sites is 2. The zero-order valence-electron chi connectivity index (χ0n) is 20.3. The minimum Gasteiger partial charge on any atom is -0.303 e. The lowest BCUT2D eigenvalue weighted by Crippen LogP contribution is -2.53. The molecule has 200 valence electrons. The highest BCUT2D eigenvalue weighted by molar-refractivity contribution is 9.10. The number of hydrogen-bond donors (Lipinski definition) is 0. The van der Waals surface area contributed by atoms with Crippen LogP contribution in [-0.4, -0.2) is 54.9 Å². The quantitative estimate of drug-likeness (QED) is 0.313. The largest absolute Gasteiger partial charge is 0.412 e. The molecule has 0 amide bonds. The first kappa shape index (κ1) is 26.3. The Labute approximate surface area is 220 Å². The Morgan fingerprint density at radius 3 is 2.22 bits per heavy atom. The number of halogens is 7. The van der Waals surface area contributed by atoms with Crippen molar-refractivity contribution in [2.45, 2.75) is 57.0 Å². The van der Waals surface area contributed by atoms with Crippen molar-refractivity contribution < 1.29 is 26.3 Å². The molecule has 0 spiro atoms. The Kier molecular flexibility index (Phi) is 6.75. The van der Waals surface area contributed by atoms with Gasteiger partial charge in [0.1, 0.15) is 0 Å². The second-order valence-electron chi connectivity index (χ2n) is 10.3. The smallest absolute Gasteiger partial charge is 0.303 e. The molecule has 37 heavy (non-hydrogen) atoms. The van der Waals surface area contributed by atoms with E-state index in [4.69, 9.17) is 0 Å². The highest BCUT2D eigenvalue weighted by Gasteiger charge is 2.56. The van der Waals surface area contributed by atoms with Crippen molar-refractivity contribution in [3.8, 4) is 0 Å². The predicted octanol–water partition coefficient (Wildman–Crippen LogP) is 7.47. The maximum absolute atomic E-state index is 14.3. The number of benzene rings is 2. The highest BCUT2D eigenvalue weighted by atomic mass is 79.9. The van der Waals surface area contributed by atoms with Crippen molar-refractivity contribution in [2.75, 3.05) is 29.4 Å². The van der Waals surface area contributed by atoms with Crippen LogP contribution in [-0.2, 0) is 0 Å². The minimum absolute atomic E-state index is 0.0740. The fraction of sp³-hybridized carbons (Fsp3) is 0.500. The Balaban J connectivity index is 1.56. The SMILES string of the molecule is CC(C)c1ccc(N2C3=NC(C(F)(F)F)C(CN(CC4CC4)CC(F)(F)F)N3c3ccccc32)c(Br)c1. The maximum Gasteiger partial charge on any atom is 0.412 e. The molecule has 11 heteroatoms. The first-order chi connectivity index (χ1) is 17.3. The average molecular weight is 589 g/mol. The number of aliphatic imine (C=N–C) groups is 1. The van der Waals surface area contributed by atoms with Gasteiger partial charge >= 0.3 is 12.4 Å². The Bertz CT molecular complexity index is 1190. The molecule has 3 aliphatic rings. The summed E-state index contributed by atoms with van der Waals surface area (Å²) < 4.78 is 83.8. The van der Waals surface area contributed by atoms with Gasteiger partial charge in [-0.05, 0) is 70.4 Å². The molecule has 4 nitrogen and oxygen atoms in total. The average Bonchev–Trinajstić information content (AvgIpc) is 3.43. The molecule has 0 N–H and O–H groups in total. The molecule has 0 bridgehead atoms. The summed E-state index contributed by atoms with van der Waals surface area (Å²) in [5.74, 6) is 0.415. The van der Waals surface area contributed by atoms with Gasteiger partial charge in [-0.2, -0.15) is 26.3 Å². The van der Waals surface area contributed by atoms with E-state index in [0.29, 0.717) is 21.5 Å². The fourth-order valence-corrected chi connectivity index (χ4v) is 5.71. The summed E-state index contributed by atoms with van der Waals surface area (Å²) in [5, 5.41) is 0. The van der Waals surface area contributed by atoms with Crippen LogP contribution in [0.3, 0.4) is 0 Å². The van der Waals surface area contributed by atoms with Gasteiger partial charge in [0.05, 0.1) is 29.6 Å². The topological polar surface area (TPSA) is 22.1 Å². The molecule has 1 saturated carbocycles. The molecule has 0 radical (unpaired) electrons. The van der Waals surface area contributed by atoms with Crippen molar-refractivity contribution in [1.82, 2.24) is 4.90 Å². The van der Waals surface area contributed by atoms with E-state index >= 15 is 0 Å². The third-order valence-electron chi connectivity index (χ3n) is 7.02. The lowest BCUT2D eigenvalue weighted by molar-refractivity contribution is -0.157. The second kappa shape index (κ2) is 9.48. The van der Waals surface area contributed by atoms with Crippen LogP contribution in [0.2, 0.25) is 0 Å². The van der Waals surface area contributed by atoms with E-state index in [9.17, 15) is 26.3 Å². The maximum atomic E-state index is 14.3. The van der Waals surface area contributed by atoms with E-state index in [1.54, 1.807) is 29.2 Å². The zero-order chi connectivity index (χ0) is 26.7. The van der Waals surface area contributed by atoms with E-state index in [1.807, 2.05) is 32.0 Å². The van der Waals surface area contributed by atoms with E-state index in [1.165, 1.54) is 4.90 Å². The number of nitrogens with zero attached hydrogens (tertiary/aromatic N) is 4. The number of fused-ring (bicyclic) bond motifs is 3. The van der Waals surface area contributed by atoms with Gasteiger partial charge in [-0.1, -0.05) is 32.0 Å². The van der Waals surface area contributed by atoms with Gasteiger partial charge in [-0.15, -0.1) is 0 Å². The van der Waals surface area contributed by atoms with Gasteiger partial charge in [0, 0.05) is 17.6 Å². The summed E-state index contributed by atoms with van der Waals surface area (Å²) in [7, 11) is 0. The molecule has 2 atom stereocenters. The summed E-state index contributed by atoms with van der Waals surface area (Å²) in [6, 6.07) is 9.19. The molecule has 0 saturated heterocycles. The first-order valence-corrected chi connectivity index (χ1v) is 13.0. The number of alkyl halides is 6. The third-order valence-corrected chi connectivity index (χ3v) is 7.66. The van der Waals surface area contributed by atoms with Crippen molar-refractivity contribution in [1.29, 1.82) is 0 Å². The Hall–Kier alpha value is -2.27. The van der Waals surface area contributed by atoms with Gasteiger partial charge in [-0.3, -0.25) is 9.80 Å². The van der Waals surface area contributed by atoms with Gasteiger partial charge in [-0.25, -0.2) is 4.99 Å². The molecule has 1 fully saturated rings. The fourth-order valence-electron chi connectivity index (χ4n) is 5.14. The predicted molar refractivity (Wildman–Crippen MR) is 136 cm³/mol. The number of anilines is 3. The summed E-state index contributed by atoms with van der Waals surface area (Å²) in [4.78, 5) is 8.40. The van der Waals surface area contributed by atoms with Crippen LogP contribution in [0.15, 0.2) is 51.9 Å². The Morgan fingerprint density at radius 1 is 0.973 bits per heavy atom. The summed E-state index contributed by atoms with van der Waals surface area (Å²) >= 11 is 3.58. The minimum atomic E-state index is -4.72. The Morgan fingerprint density at radius 2 is 1.65 bits per heavy atom. The molecule has 2 aromatic carbocycles. The monoisotopic (exact) mass is 588 g/mol. The summed E-state index contributed by atoms with van der Waals surface area (Å²) in [6.07, 6.45) is -7.64. The second-order valence-corrected chi connectivity index (χ2v) is 11.1. The lowest BCUT2D eigenvalue weighted by atomic mass is 10.0. The third kappa shape index (κ3) is 5.34. The summed E-state index contributed by atoms with van der Waals surface area (Å²) in [6.45, 7) is 2.56. The van der Waals surface area contributed by atoms with Crippen LogP contribution in [0.5, 0.6) is 0 Å². The lowest BCUT2D eigenvalue weighted by Gasteiger charge is -2.33. The van der Waals surface area contributed by atoms with Crippen molar-refractivity contribution >= 4 is 39.0 Å². The van der Waals surface area contributed by atoms with E-state index < -0.39 is 37.5 Å².